The lowest BCUT2D eigenvalue weighted by molar-refractivity contribution is 0.796. The summed E-state index contributed by atoms with van der Waals surface area (Å²) in [7, 11) is 0. The number of aromatic nitrogens is 3. The van der Waals surface area contributed by atoms with E-state index in [0.29, 0.717) is 10.7 Å². The van der Waals surface area contributed by atoms with E-state index in [-0.39, 0.29) is 0 Å². The van der Waals surface area contributed by atoms with Gasteiger partial charge in [-0.3, -0.25) is 4.98 Å². The number of pyridine rings is 1. The molecule has 0 bridgehead atoms. The van der Waals surface area contributed by atoms with Crippen LogP contribution in [0.1, 0.15) is 6.92 Å². The predicted molar refractivity (Wildman–Crippen MR) is 78.1 cm³/mol. The lowest BCUT2D eigenvalue weighted by Crippen LogP contribution is -1.98. The van der Waals surface area contributed by atoms with Crippen LogP contribution in [0.25, 0.3) is 22.4 Å². The maximum Gasteiger partial charge on any atom is 0.141 e. The van der Waals surface area contributed by atoms with Gasteiger partial charge < -0.3 is 10.3 Å². The smallest absolute Gasteiger partial charge is 0.141 e. The Morgan fingerprint density at radius 2 is 2.16 bits per heavy atom. The number of imidazole rings is 1. The van der Waals surface area contributed by atoms with Crippen molar-refractivity contribution < 1.29 is 0 Å². The number of aryl methyl sites for hydroxylation is 1. The molecular weight excluding hydrogens is 260 g/mol. The SMILES string of the molecule is CCn1c(-c2ccc(N)c(Cl)c2)nc2cnccc21. The molecule has 2 aromatic heterocycles. The molecule has 0 aliphatic rings. The fourth-order valence-electron chi connectivity index (χ4n) is 2.19. The molecule has 5 heteroatoms. The van der Waals surface area contributed by atoms with Gasteiger partial charge >= 0.3 is 0 Å². The quantitative estimate of drug-likeness (QED) is 0.728. The normalized spacial score (nSPS) is 11.1. The molecule has 3 aromatic rings. The largest absolute Gasteiger partial charge is 0.398 e. The maximum absolute atomic E-state index is 6.08. The molecule has 0 atom stereocenters. The molecule has 0 aliphatic carbocycles. The highest BCUT2D eigenvalue weighted by molar-refractivity contribution is 6.33. The van der Waals surface area contributed by atoms with Crippen molar-refractivity contribution in [1.82, 2.24) is 14.5 Å². The first-order valence-corrected chi connectivity index (χ1v) is 6.44. The molecular formula is C14H13ClN4. The Bertz CT molecular complexity index is 748. The second-order valence-corrected chi connectivity index (χ2v) is 4.69. The summed E-state index contributed by atoms with van der Waals surface area (Å²) in [6, 6.07) is 7.54. The molecule has 4 nitrogen and oxygen atoms in total. The van der Waals surface area contributed by atoms with Crippen LogP contribution in [0.15, 0.2) is 36.7 Å². The minimum Gasteiger partial charge on any atom is -0.398 e. The van der Waals surface area contributed by atoms with Crippen molar-refractivity contribution in [1.29, 1.82) is 0 Å². The average Bonchev–Trinajstić information content (AvgIpc) is 2.80. The number of benzene rings is 1. The minimum atomic E-state index is 0.547. The maximum atomic E-state index is 6.08. The summed E-state index contributed by atoms with van der Waals surface area (Å²) in [6.07, 6.45) is 3.54. The van der Waals surface area contributed by atoms with E-state index in [1.165, 1.54) is 0 Å². The van der Waals surface area contributed by atoms with Gasteiger partial charge in [-0.15, -0.1) is 0 Å². The summed E-state index contributed by atoms with van der Waals surface area (Å²) < 4.78 is 2.14. The van der Waals surface area contributed by atoms with Crippen molar-refractivity contribution in [2.24, 2.45) is 0 Å². The van der Waals surface area contributed by atoms with Crippen molar-refractivity contribution in [3.63, 3.8) is 0 Å². The molecule has 0 aliphatic heterocycles. The number of hydrogen-bond acceptors (Lipinski definition) is 3. The third-order valence-corrected chi connectivity index (χ3v) is 3.45. The molecule has 0 saturated heterocycles. The van der Waals surface area contributed by atoms with Gasteiger partial charge in [0, 0.05) is 18.3 Å². The number of rotatable bonds is 2. The highest BCUT2D eigenvalue weighted by atomic mass is 35.5. The van der Waals surface area contributed by atoms with Crippen LogP contribution in [-0.2, 0) is 6.54 Å². The fourth-order valence-corrected chi connectivity index (χ4v) is 2.37. The summed E-state index contributed by atoms with van der Waals surface area (Å²) in [5, 5.41) is 0.547. The molecule has 1 aromatic carbocycles. The van der Waals surface area contributed by atoms with Gasteiger partial charge in [-0.25, -0.2) is 4.98 Å². The van der Waals surface area contributed by atoms with E-state index in [2.05, 4.69) is 21.5 Å². The van der Waals surface area contributed by atoms with Gasteiger partial charge in [-0.05, 0) is 31.2 Å². The second-order valence-electron chi connectivity index (χ2n) is 4.28. The van der Waals surface area contributed by atoms with Crippen LogP contribution >= 0.6 is 11.6 Å². The number of nitrogen functional groups attached to an aromatic ring is 1. The van der Waals surface area contributed by atoms with E-state index < -0.39 is 0 Å². The standard InChI is InChI=1S/C14H13ClN4/c1-2-19-13-5-6-17-8-12(13)18-14(19)9-3-4-11(16)10(15)7-9/h3-8H,2,16H2,1H3. The van der Waals surface area contributed by atoms with Crippen LogP contribution in [0.4, 0.5) is 5.69 Å². The van der Waals surface area contributed by atoms with E-state index >= 15 is 0 Å². The number of nitrogens with two attached hydrogens (primary N) is 1. The summed E-state index contributed by atoms with van der Waals surface area (Å²) in [5.74, 6) is 0.882. The monoisotopic (exact) mass is 272 g/mol. The van der Waals surface area contributed by atoms with Crippen LogP contribution in [0.2, 0.25) is 5.02 Å². The number of hydrogen-bond donors (Lipinski definition) is 1. The highest BCUT2D eigenvalue weighted by Crippen LogP contribution is 2.28. The molecule has 0 amide bonds. The zero-order valence-electron chi connectivity index (χ0n) is 10.5. The summed E-state index contributed by atoms with van der Waals surface area (Å²) in [5.41, 5.74) is 9.23. The molecule has 0 spiro atoms. The number of halogens is 1. The van der Waals surface area contributed by atoms with Gasteiger partial charge in [0.15, 0.2) is 0 Å². The first kappa shape index (κ1) is 12.0. The van der Waals surface area contributed by atoms with Crippen molar-refractivity contribution >= 4 is 28.3 Å². The Balaban J connectivity index is 2.26. The van der Waals surface area contributed by atoms with E-state index in [4.69, 9.17) is 17.3 Å². The Morgan fingerprint density at radius 3 is 2.89 bits per heavy atom. The second kappa shape index (κ2) is 4.55. The van der Waals surface area contributed by atoms with Crippen molar-refractivity contribution in [2.75, 3.05) is 5.73 Å². The first-order valence-electron chi connectivity index (χ1n) is 6.06. The Morgan fingerprint density at radius 1 is 1.32 bits per heavy atom. The zero-order chi connectivity index (χ0) is 13.4. The van der Waals surface area contributed by atoms with E-state index in [1.807, 2.05) is 18.2 Å². The highest BCUT2D eigenvalue weighted by Gasteiger charge is 2.12. The zero-order valence-corrected chi connectivity index (χ0v) is 11.2. The molecule has 0 saturated carbocycles. The number of nitrogens with zero attached hydrogens (tertiary/aromatic N) is 3. The molecule has 0 unspecified atom stereocenters. The number of fused-ring (bicyclic) bond motifs is 1. The lowest BCUT2D eigenvalue weighted by Gasteiger charge is -2.07. The van der Waals surface area contributed by atoms with Gasteiger partial charge in [-0.1, -0.05) is 11.6 Å². The van der Waals surface area contributed by atoms with Gasteiger partial charge in [0.2, 0.25) is 0 Å². The lowest BCUT2D eigenvalue weighted by atomic mass is 10.2. The molecule has 2 heterocycles. The van der Waals surface area contributed by atoms with Gasteiger partial charge in [0.05, 0.1) is 22.4 Å². The molecule has 0 fully saturated rings. The Labute approximate surface area is 115 Å². The van der Waals surface area contributed by atoms with Crippen molar-refractivity contribution in [3.8, 4) is 11.4 Å². The summed E-state index contributed by atoms with van der Waals surface area (Å²) >= 11 is 6.08. The molecule has 3 rings (SSSR count). The molecule has 2 N–H and O–H groups in total. The van der Waals surface area contributed by atoms with Gasteiger partial charge in [0.1, 0.15) is 11.3 Å². The van der Waals surface area contributed by atoms with Gasteiger partial charge in [0.25, 0.3) is 0 Å². The van der Waals surface area contributed by atoms with Crippen LogP contribution in [0.5, 0.6) is 0 Å². The first-order chi connectivity index (χ1) is 9.20. The minimum absolute atomic E-state index is 0.547. The van der Waals surface area contributed by atoms with Gasteiger partial charge in [-0.2, -0.15) is 0 Å². The number of anilines is 1. The van der Waals surface area contributed by atoms with Crippen LogP contribution < -0.4 is 5.73 Å². The van der Waals surface area contributed by atoms with E-state index in [9.17, 15) is 0 Å². The Kier molecular flexibility index (Phi) is 2.87. The third-order valence-electron chi connectivity index (χ3n) is 3.13. The van der Waals surface area contributed by atoms with Crippen LogP contribution in [0, 0.1) is 0 Å². The van der Waals surface area contributed by atoms with Crippen molar-refractivity contribution in [3.05, 3.63) is 41.7 Å². The summed E-state index contributed by atoms with van der Waals surface area (Å²) in [6.45, 7) is 2.92. The predicted octanol–water partition coefficient (Wildman–Crippen LogP) is 3.35. The topological polar surface area (TPSA) is 56.7 Å². The summed E-state index contributed by atoms with van der Waals surface area (Å²) in [4.78, 5) is 8.73. The van der Waals surface area contributed by atoms with E-state index in [0.717, 1.165) is 29.0 Å². The average molecular weight is 273 g/mol. The third kappa shape index (κ3) is 1.94. The van der Waals surface area contributed by atoms with Crippen LogP contribution in [0.3, 0.4) is 0 Å². The fraction of sp³-hybridized carbons (Fsp3) is 0.143. The molecule has 19 heavy (non-hydrogen) atoms. The van der Waals surface area contributed by atoms with Crippen LogP contribution in [-0.4, -0.2) is 14.5 Å². The molecule has 0 radical (unpaired) electrons. The van der Waals surface area contributed by atoms with Crippen molar-refractivity contribution in [2.45, 2.75) is 13.5 Å². The molecule has 96 valence electrons. The Hall–Kier alpha value is -2.07. The van der Waals surface area contributed by atoms with E-state index in [1.54, 1.807) is 18.5 Å².